The zero-order valence-electron chi connectivity index (χ0n) is 15.7. The van der Waals surface area contributed by atoms with E-state index < -0.39 is 0 Å². The summed E-state index contributed by atoms with van der Waals surface area (Å²) in [4.78, 5) is 27.9. The molecular formula is C25H19NO2S. The van der Waals surface area contributed by atoms with Gasteiger partial charge in [0.2, 0.25) is 0 Å². The van der Waals surface area contributed by atoms with Gasteiger partial charge >= 0.3 is 0 Å². The minimum absolute atomic E-state index is 0.0000493. The van der Waals surface area contributed by atoms with Gasteiger partial charge in [-0.1, -0.05) is 60.3 Å². The van der Waals surface area contributed by atoms with E-state index in [1.54, 1.807) is 11.8 Å². The van der Waals surface area contributed by atoms with Gasteiger partial charge in [-0.3, -0.25) is 9.59 Å². The molecule has 0 N–H and O–H groups in total. The minimum atomic E-state index is -0.0523. The molecule has 1 aliphatic heterocycles. The molecule has 29 heavy (non-hydrogen) atoms. The first-order chi connectivity index (χ1) is 14.2. The molecule has 142 valence electrons. The molecule has 4 heteroatoms. The molecule has 2 aliphatic rings. The van der Waals surface area contributed by atoms with Crippen molar-refractivity contribution < 1.29 is 9.59 Å². The number of carbonyl (C=O) groups is 2. The lowest BCUT2D eigenvalue weighted by atomic mass is 9.99. The molecule has 0 amide bonds. The lowest BCUT2D eigenvalue weighted by Gasteiger charge is -2.14. The van der Waals surface area contributed by atoms with Gasteiger partial charge in [0.15, 0.2) is 11.6 Å². The number of benzene rings is 2. The van der Waals surface area contributed by atoms with E-state index in [4.69, 9.17) is 0 Å². The summed E-state index contributed by atoms with van der Waals surface area (Å²) in [5, 5.41) is 0. The standard InChI is InChI=1S/C25H19NO2S/c27-24-12-11-23-22(24)14-18(25(28)17-7-3-1-4-8-17)13-19-15-21(16-26(19)23)29-20-9-5-2-6-10-20/h1-10,13-16,23H,11-12H2/t23-/m1/s1. The number of hydrogen-bond acceptors (Lipinski definition) is 3. The second kappa shape index (κ2) is 7.37. The first-order valence-electron chi connectivity index (χ1n) is 9.70. The number of fused-ring (bicyclic) bond motifs is 3. The molecule has 0 spiro atoms. The first-order valence-corrected chi connectivity index (χ1v) is 10.5. The molecule has 0 unspecified atom stereocenters. The highest BCUT2D eigenvalue weighted by Gasteiger charge is 2.33. The summed E-state index contributed by atoms with van der Waals surface area (Å²) < 4.78 is 2.16. The Balaban J connectivity index is 1.58. The Morgan fingerprint density at radius 3 is 2.41 bits per heavy atom. The van der Waals surface area contributed by atoms with E-state index in [1.165, 1.54) is 0 Å². The summed E-state index contributed by atoms with van der Waals surface area (Å²) >= 11 is 1.69. The van der Waals surface area contributed by atoms with E-state index >= 15 is 0 Å². The predicted octanol–water partition coefficient (Wildman–Crippen LogP) is 5.75. The number of allylic oxidation sites excluding steroid dienone is 3. The van der Waals surface area contributed by atoms with Crippen LogP contribution >= 0.6 is 11.8 Å². The molecular weight excluding hydrogens is 378 g/mol. The highest BCUT2D eigenvalue weighted by Crippen LogP contribution is 2.40. The molecule has 1 fully saturated rings. The van der Waals surface area contributed by atoms with Crippen molar-refractivity contribution >= 4 is 29.4 Å². The molecule has 0 bridgehead atoms. The molecule has 1 atom stereocenters. The van der Waals surface area contributed by atoms with Gasteiger partial charge in [-0.15, -0.1) is 0 Å². The largest absolute Gasteiger partial charge is 0.339 e. The Kier molecular flexibility index (Phi) is 4.57. The monoisotopic (exact) mass is 397 g/mol. The molecule has 3 nitrogen and oxygen atoms in total. The van der Waals surface area contributed by atoms with Crippen LogP contribution in [0.4, 0.5) is 0 Å². The van der Waals surface area contributed by atoms with Crippen LogP contribution in [-0.2, 0) is 4.79 Å². The third kappa shape index (κ3) is 3.40. The quantitative estimate of drug-likeness (QED) is 0.526. The van der Waals surface area contributed by atoms with Crippen LogP contribution in [0.15, 0.2) is 99.9 Å². The van der Waals surface area contributed by atoms with E-state index in [0.717, 1.165) is 27.5 Å². The Morgan fingerprint density at radius 1 is 0.931 bits per heavy atom. The van der Waals surface area contributed by atoms with Crippen LogP contribution in [0.1, 0.15) is 34.9 Å². The van der Waals surface area contributed by atoms with Crippen LogP contribution in [0.3, 0.4) is 0 Å². The van der Waals surface area contributed by atoms with E-state index in [1.807, 2.05) is 60.7 Å². The number of aromatic nitrogens is 1. The number of Topliss-reactive ketones (excluding diaryl/α,β-unsaturated/α-hetero) is 2. The van der Waals surface area contributed by atoms with Gasteiger partial charge in [-0.2, -0.15) is 0 Å². The van der Waals surface area contributed by atoms with Crippen LogP contribution in [0.2, 0.25) is 0 Å². The lowest BCUT2D eigenvalue weighted by Crippen LogP contribution is -2.08. The SMILES string of the molecule is O=C1CC[C@@H]2C1=CC(C(=O)c1ccccc1)=Cc1cc(Sc3ccccc3)cn12. The topological polar surface area (TPSA) is 39.1 Å². The average Bonchev–Trinajstić information content (AvgIpc) is 3.27. The van der Waals surface area contributed by atoms with Crippen LogP contribution in [0, 0.1) is 0 Å². The molecule has 2 heterocycles. The van der Waals surface area contributed by atoms with Crippen molar-refractivity contribution in [3.63, 3.8) is 0 Å². The Morgan fingerprint density at radius 2 is 1.66 bits per heavy atom. The fourth-order valence-electron chi connectivity index (χ4n) is 4.01. The van der Waals surface area contributed by atoms with E-state index in [2.05, 4.69) is 29.0 Å². The number of hydrogen-bond donors (Lipinski definition) is 0. The highest BCUT2D eigenvalue weighted by atomic mass is 32.2. The third-order valence-electron chi connectivity index (χ3n) is 5.41. The number of nitrogens with zero attached hydrogens (tertiary/aromatic N) is 1. The van der Waals surface area contributed by atoms with Crippen molar-refractivity contribution in [2.24, 2.45) is 0 Å². The number of rotatable bonds is 4. The maximum absolute atomic E-state index is 13.1. The van der Waals surface area contributed by atoms with Crippen LogP contribution < -0.4 is 0 Å². The summed E-state index contributed by atoms with van der Waals surface area (Å²) in [5.41, 5.74) is 2.91. The van der Waals surface area contributed by atoms with E-state index in [0.29, 0.717) is 17.6 Å². The van der Waals surface area contributed by atoms with Gasteiger partial charge in [0, 0.05) is 44.8 Å². The van der Waals surface area contributed by atoms with Crippen LogP contribution in [0.5, 0.6) is 0 Å². The van der Waals surface area contributed by atoms with Gasteiger partial charge in [0.25, 0.3) is 0 Å². The van der Waals surface area contributed by atoms with Crippen LogP contribution in [0.25, 0.3) is 6.08 Å². The van der Waals surface area contributed by atoms with Crippen molar-refractivity contribution in [1.82, 2.24) is 4.57 Å². The molecule has 1 aromatic heterocycles. The summed E-state index contributed by atoms with van der Waals surface area (Å²) in [6, 6.07) is 21.6. The van der Waals surface area contributed by atoms with Crippen molar-refractivity contribution in [3.05, 3.63) is 101 Å². The highest BCUT2D eigenvalue weighted by molar-refractivity contribution is 7.99. The summed E-state index contributed by atoms with van der Waals surface area (Å²) in [5.74, 6) is 0.0871. The van der Waals surface area contributed by atoms with Gasteiger partial charge in [0.1, 0.15) is 0 Å². The smallest absolute Gasteiger partial charge is 0.193 e. The van der Waals surface area contributed by atoms with Crippen molar-refractivity contribution in [1.29, 1.82) is 0 Å². The fourth-order valence-corrected chi connectivity index (χ4v) is 4.92. The minimum Gasteiger partial charge on any atom is -0.339 e. The second-order valence-corrected chi connectivity index (χ2v) is 8.44. The fraction of sp³-hybridized carbons (Fsp3) is 0.120. The molecule has 5 rings (SSSR count). The Labute approximate surface area is 173 Å². The van der Waals surface area contributed by atoms with E-state index in [-0.39, 0.29) is 17.6 Å². The van der Waals surface area contributed by atoms with E-state index in [9.17, 15) is 9.59 Å². The Bertz CT molecular complexity index is 1160. The van der Waals surface area contributed by atoms with Gasteiger partial charge < -0.3 is 4.57 Å². The zero-order valence-corrected chi connectivity index (χ0v) is 16.6. The normalized spacial score (nSPS) is 17.8. The van der Waals surface area contributed by atoms with Crippen molar-refractivity contribution in [3.8, 4) is 0 Å². The molecule has 1 aliphatic carbocycles. The maximum Gasteiger partial charge on any atom is 0.193 e. The Hall–Kier alpha value is -3.11. The molecule has 2 aromatic carbocycles. The second-order valence-electron chi connectivity index (χ2n) is 7.30. The van der Waals surface area contributed by atoms with Crippen LogP contribution in [-0.4, -0.2) is 16.1 Å². The molecule has 0 saturated heterocycles. The van der Waals surface area contributed by atoms with Gasteiger partial charge in [-0.05, 0) is 36.8 Å². The number of carbonyl (C=O) groups excluding carboxylic acids is 2. The molecule has 1 saturated carbocycles. The summed E-state index contributed by atoms with van der Waals surface area (Å²) in [7, 11) is 0. The lowest BCUT2D eigenvalue weighted by molar-refractivity contribution is -0.114. The summed E-state index contributed by atoms with van der Waals surface area (Å²) in [6.45, 7) is 0. The zero-order chi connectivity index (χ0) is 19.8. The van der Waals surface area contributed by atoms with Crippen molar-refractivity contribution in [2.45, 2.75) is 28.7 Å². The predicted molar refractivity (Wildman–Crippen MR) is 115 cm³/mol. The number of ketones is 2. The molecule has 3 aromatic rings. The third-order valence-corrected chi connectivity index (χ3v) is 6.37. The average molecular weight is 397 g/mol. The molecule has 0 radical (unpaired) electrons. The maximum atomic E-state index is 13.1. The van der Waals surface area contributed by atoms with Crippen molar-refractivity contribution in [2.75, 3.05) is 0 Å². The first kappa shape index (κ1) is 18.0. The van der Waals surface area contributed by atoms with Gasteiger partial charge in [0.05, 0.1) is 6.04 Å². The summed E-state index contributed by atoms with van der Waals surface area (Å²) in [6.07, 6.45) is 7.15. The van der Waals surface area contributed by atoms with Gasteiger partial charge in [-0.25, -0.2) is 0 Å².